The minimum absolute atomic E-state index is 0.444. The second-order valence-electron chi connectivity index (χ2n) is 7.88. The van der Waals surface area contributed by atoms with Crippen LogP contribution in [-0.4, -0.2) is 101 Å². The Bertz CT molecular complexity index is 819. The van der Waals surface area contributed by atoms with Crippen LogP contribution >= 0.6 is 11.6 Å². The van der Waals surface area contributed by atoms with Crippen LogP contribution in [0.4, 0.5) is 23.0 Å². The van der Waals surface area contributed by atoms with Gasteiger partial charge in [-0.3, -0.25) is 0 Å². The molecule has 10 nitrogen and oxygen atoms in total. The summed E-state index contributed by atoms with van der Waals surface area (Å²) in [6, 6.07) is 3.92. The summed E-state index contributed by atoms with van der Waals surface area (Å²) in [5.41, 5.74) is 2.24. The Balaban J connectivity index is 0.000000176. The Morgan fingerprint density at radius 1 is 0.774 bits per heavy atom. The lowest BCUT2D eigenvalue weighted by atomic mass is 10.3. The van der Waals surface area contributed by atoms with Gasteiger partial charge < -0.3 is 30.2 Å². The first-order chi connectivity index (χ1) is 15.0. The van der Waals surface area contributed by atoms with Gasteiger partial charge in [0.1, 0.15) is 0 Å². The number of rotatable bonds is 4. The predicted octanol–water partition coefficient (Wildman–Crippen LogP) is 0.558. The van der Waals surface area contributed by atoms with Crippen LogP contribution in [0.3, 0.4) is 0 Å². The Kier molecular flexibility index (Phi) is 8.44. The third-order valence-electron chi connectivity index (χ3n) is 5.17. The number of nitrogens with one attached hydrogen (secondary N) is 2. The van der Waals surface area contributed by atoms with Crippen molar-refractivity contribution in [3.05, 3.63) is 23.5 Å². The van der Waals surface area contributed by atoms with E-state index in [1.807, 2.05) is 50.1 Å². The molecule has 11 heteroatoms. The van der Waals surface area contributed by atoms with Gasteiger partial charge in [0.2, 0.25) is 0 Å². The maximum Gasteiger partial charge on any atom is 0.174 e. The van der Waals surface area contributed by atoms with Gasteiger partial charge in [0.05, 0.1) is 17.6 Å². The average Bonchev–Trinajstić information content (AvgIpc) is 2.80. The van der Waals surface area contributed by atoms with Crippen LogP contribution < -0.4 is 30.2 Å². The van der Waals surface area contributed by atoms with Gasteiger partial charge in [-0.2, -0.15) is 5.10 Å². The van der Waals surface area contributed by atoms with Crippen molar-refractivity contribution < 1.29 is 0 Å². The molecule has 2 aliphatic heterocycles. The molecule has 2 fully saturated rings. The second-order valence-corrected chi connectivity index (χ2v) is 8.27. The molecular weight excluding hydrogens is 416 g/mol. The lowest BCUT2D eigenvalue weighted by Gasteiger charge is -2.31. The summed E-state index contributed by atoms with van der Waals surface area (Å²) >= 11 is 5.91. The van der Waals surface area contributed by atoms with Crippen LogP contribution in [0.15, 0.2) is 18.3 Å². The molecule has 0 radical (unpaired) electrons. The van der Waals surface area contributed by atoms with E-state index in [1.165, 1.54) is 5.69 Å². The summed E-state index contributed by atoms with van der Waals surface area (Å²) in [6.07, 6.45) is 1.75. The molecule has 0 amide bonds. The highest BCUT2D eigenvalue weighted by atomic mass is 35.5. The summed E-state index contributed by atoms with van der Waals surface area (Å²) in [5.74, 6) is 1.81. The highest BCUT2D eigenvalue weighted by molar-refractivity contribution is 6.29. The summed E-state index contributed by atoms with van der Waals surface area (Å²) < 4.78 is 0. The molecule has 2 aromatic heterocycles. The molecule has 4 heterocycles. The molecule has 4 rings (SSSR count). The van der Waals surface area contributed by atoms with E-state index in [-0.39, 0.29) is 0 Å². The van der Waals surface area contributed by atoms with E-state index in [2.05, 4.69) is 40.8 Å². The van der Waals surface area contributed by atoms with E-state index in [0.717, 1.165) is 69.7 Å². The number of hydrogen-bond donors (Lipinski definition) is 2. The number of piperazine rings is 2. The van der Waals surface area contributed by atoms with Gasteiger partial charge in [-0.15, -0.1) is 15.3 Å². The van der Waals surface area contributed by atoms with Crippen molar-refractivity contribution in [1.82, 2.24) is 31.0 Å². The highest BCUT2D eigenvalue weighted by Gasteiger charge is 2.18. The summed E-state index contributed by atoms with van der Waals surface area (Å²) in [6.45, 7) is 8.08. The monoisotopic (exact) mass is 448 g/mol. The Hall–Kier alpha value is -2.43. The standard InChI is InChI=1S/C10H16ClN5.C10H17N5/c1-15(2)10-8(7-9(11)13-14-10)16-5-3-12-4-6-16;1-14(2)10-9(3-4-12-13-10)15-7-5-11-6-8-15/h7,12H,3-6H2,1-2H3;3-4,11H,5-8H2,1-2H3. The van der Waals surface area contributed by atoms with Crippen LogP contribution in [0, 0.1) is 0 Å². The van der Waals surface area contributed by atoms with Crippen molar-refractivity contribution in [3.63, 3.8) is 0 Å². The number of nitrogens with zero attached hydrogens (tertiary/aromatic N) is 8. The second kappa shape index (κ2) is 11.3. The lowest BCUT2D eigenvalue weighted by Crippen LogP contribution is -2.44. The number of hydrogen-bond acceptors (Lipinski definition) is 10. The minimum Gasteiger partial charge on any atom is -0.366 e. The van der Waals surface area contributed by atoms with Gasteiger partial charge in [-0.25, -0.2) is 0 Å². The molecule has 170 valence electrons. The van der Waals surface area contributed by atoms with Crippen LogP contribution in [-0.2, 0) is 0 Å². The molecule has 0 saturated carbocycles. The Labute approximate surface area is 189 Å². The predicted molar refractivity (Wildman–Crippen MR) is 128 cm³/mol. The molecule has 2 N–H and O–H groups in total. The Morgan fingerprint density at radius 2 is 1.29 bits per heavy atom. The number of anilines is 4. The van der Waals surface area contributed by atoms with Crippen molar-refractivity contribution in [2.45, 2.75) is 0 Å². The third-order valence-corrected chi connectivity index (χ3v) is 5.35. The fraction of sp³-hybridized carbons (Fsp3) is 0.600. The molecule has 2 aliphatic rings. The fourth-order valence-corrected chi connectivity index (χ4v) is 3.74. The summed E-state index contributed by atoms with van der Waals surface area (Å²) in [4.78, 5) is 8.60. The van der Waals surface area contributed by atoms with Crippen molar-refractivity contribution >= 4 is 34.6 Å². The summed E-state index contributed by atoms with van der Waals surface area (Å²) in [7, 11) is 7.92. The van der Waals surface area contributed by atoms with Crippen molar-refractivity contribution in [1.29, 1.82) is 0 Å². The summed E-state index contributed by atoms with van der Waals surface area (Å²) in [5, 5.41) is 23.2. The highest BCUT2D eigenvalue weighted by Crippen LogP contribution is 2.27. The van der Waals surface area contributed by atoms with Crippen LogP contribution in [0.25, 0.3) is 0 Å². The first-order valence-corrected chi connectivity index (χ1v) is 11.0. The van der Waals surface area contributed by atoms with Crippen molar-refractivity contribution in [3.8, 4) is 0 Å². The first-order valence-electron chi connectivity index (χ1n) is 10.6. The molecular formula is C20H33ClN10. The normalized spacial score (nSPS) is 16.4. The molecule has 0 aliphatic carbocycles. The van der Waals surface area contributed by atoms with Crippen LogP contribution in [0.5, 0.6) is 0 Å². The smallest absolute Gasteiger partial charge is 0.174 e. The van der Waals surface area contributed by atoms with Gasteiger partial charge >= 0.3 is 0 Å². The lowest BCUT2D eigenvalue weighted by molar-refractivity contribution is 0.588. The zero-order valence-electron chi connectivity index (χ0n) is 18.8. The quantitative estimate of drug-likeness (QED) is 0.691. The molecule has 0 bridgehead atoms. The first kappa shape index (κ1) is 23.2. The molecule has 0 spiro atoms. The zero-order valence-corrected chi connectivity index (χ0v) is 19.6. The molecule has 31 heavy (non-hydrogen) atoms. The van der Waals surface area contributed by atoms with Gasteiger partial charge in [0, 0.05) is 86.6 Å². The molecule has 0 aromatic carbocycles. The molecule has 0 unspecified atom stereocenters. The van der Waals surface area contributed by atoms with E-state index in [1.54, 1.807) is 6.20 Å². The van der Waals surface area contributed by atoms with Crippen molar-refractivity contribution in [2.75, 3.05) is 100 Å². The van der Waals surface area contributed by atoms with Gasteiger partial charge in [-0.1, -0.05) is 11.6 Å². The number of aromatic nitrogens is 4. The average molecular weight is 449 g/mol. The maximum atomic E-state index is 5.91. The minimum atomic E-state index is 0.444. The van der Waals surface area contributed by atoms with E-state index in [9.17, 15) is 0 Å². The van der Waals surface area contributed by atoms with E-state index in [0.29, 0.717) is 5.15 Å². The van der Waals surface area contributed by atoms with Crippen LogP contribution in [0.2, 0.25) is 5.15 Å². The van der Waals surface area contributed by atoms with Gasteiger partial charge in [0.25, 0.3) is 0 Å². The zero-order chi connectivity index (χ0) is 22.2. The molecule has 0 atom stereocenters. The Morgan fingerprint density at radius 3 is 1.84 bits per heavy atom. The SMILES string of the molecule is CN(C)c1nnc(Cl)cc1N1CCNCC1.CN(C)c1nnccc1N1CCNCC1. The van der Waals surface area contributed by atoms with Gasteiger partial charge in [-0.05, 0) is 6.07 Å². The van der Waals surface area contributed by atoms with Gasteiger partial charge in [0.15, 0.2) is 16.8 Å². The van der Waals surface area contributed by atoms with E-state index < -0.39 is 0 Å². The number of halogens is 1. The third kappa shape index (κ3) is 6.28. The van der Waals surface area contributed by atoms with E-state index in [4.69, 9.17) is 11.6 Å². The van der Waals surface area contributed by atoms with E-state index >= 15 is 0 Å². The maximum absolute atomic E-state index is 5.91. The van der Waals surface area contributed by atoms with Crippen LogP contribution in [0.1, 0.15) is 0 Å². The van der Waals surface area contributed by atoms with Crippen molar-refractivity contribution in [2.24, 2.45) is 0 Å². The fourth-order valence-electron chi connectivity index (χ4n) is 3.60. The molecule has 2 aromatic rings. The molecule has 2 saturated heterocycles. The largest absolute Gasteiger partial charge is 0.366 e. The topological polar surface area (TPSA) is 88.6 Å².